The van der Waals surface area contributed by atoms with Gasteiger partial charge in [-0.1, -0.05) is 0 Å². The van der Waals surface area contributed by atoms with Crippen molar-refractivity contribution >= 4 is 11.6 Å². The predicted octanol–water partition coefficient (Wildman–Crippen LogP) is 1.06. The molecule has 6 heteroatoms. The quantitative estimate of drug-likeness (QED) is 0.786. The largest absolute Gasteiger partial charge is 0.323 e. The van der Waals surface area contributed by atoms with Crippen LogP contribution in [0.2, 0.25) is 0 Å². The van der Waals surface area contributed by atoms with Crippen molar-refractivity contribution in [3.05, 3.63) is 42.7 Å². The zero-order chi connectivity index (χ0) is 11.4. The van der Waals surface area contributed by atoms with E-state index in [-0.39, 0.29) is 12.5 Å². The standard InChI is InChI=1S/C10H9FN4O/c11-9-3-2-8(6-12-9)14-10(16)7-15-5-1-4-13-15/h1-6H,7H2,(H,14,16). The minimum Gasteiger partial charge on any atom is -0.323 e. The van der Waals surface area contributed by atoms with Crippen LogP contribution in [0.4, 0.5) is 10.1 Å². The highest BCUT2D eigenvalue weighted by atomic mass is 19.1. The van der Waals surface area contributed by atoms with Crippen LogP contribution in [0.15, 0.2) is 36.8 Å². The molecule has 0 aromatic carbocycles. The zero-order valence-electron chi connectivity index (χ0n) is 8.30. The zero-order valence-corrected chi connectivity index (χ0v) is 8.30. The van der Waals surface area contributed by atoms with E-state index in [1.54, 1.807) is 18.5 Å². The minimum atomic E-state index is -0.579. The third kappa shape index (κ3) is 2.63. The highest BCUT2D eigenvalue weighted by molar-refractivity contribution is 5.90. The monoisotopic (exact) mass is 220 g/mol. The maximum absolute atomic E-state index is 12.5. The van der Waals surface area contributed by atoms with E-state index >= 15 is 0 Å². The summed E-state index contributed by atoms with van der Waals surface area (Å²) in [5.74, 6) is -0.817. The Morgan fingerprint density at radius 3 is 3.00 bits per heavy atom. The Morgan fingerprint density at radius 2 is 2.38 bits per heavy atom. The summed E-state index contributed by atoms with van der Waals surface area (Å²) in [4.78, 5) is 14.9. The number of anilines is 1. The van der Waals surface area contributed by atoms with Gasteiger partial charge in [-0.3, -0.25) is 9.48 Å². The van der Waals surface area contributed by atoms with E-state index in [9.17, 15) is 9.18 Å². The molecule has 0 saturated carbocycles. The van der Waals surface area contributed by atoms with Crippen LogP contribution >= 0.6 is 0 Å². The third-order valence-corrected chi connectivity index (χ3v) is 1.88. The molecule has 1 amide bonds. The summed E-state index contributed by atoms with van der Waals surface area (Å²) in [6.45, 7) is 0.115. The molecule has 0 spiro atoms. The molecule has 0 bridgehead atoms. The van der Waals surface area contributed by atoms with E-state index in [1.807, 2.05) is 0 Å². The van der Waals surface area contributed by atoms with Crippen molar-refractivity contribution in [2.45, 2.75) is 6.54 Å². The molecule has 2 aromatic rings. The van der Waals surface area contributed by atoms with Crippen LogP contribution in [-0.4, -0.2) is 20.7 Å². The van der Waals surface area contributed by atoms with Gasteiger partial charge in [0.05, 0.1) is 11.9 Å². The summed E-state index contributed by atoms with van der Waals surface area (Å²) in [6.07, 6.45) is 4.53. The first-order chi connectivity index (χ1) is 7.74. The predicted molar refractivity (Wildman–Crippen MR) is 55.1 cm³/mol. The number of amides is 1. The highest BCUT2D eigenvalue weighted by Gasteiger charge is 2.03. The van der Waals surface area contributed by atoms with E-state index in [1.165, 1.54) is 23.0 Å². The third-order valence-electron chi connectivity index (χ3n) is 1.88. The van der Waals surface area contributed by atoms with Gasteiger partial charge in [-0.15, -0.1) is 0 Å². The Kier molecular flexibility index (Phi) is 2.90. The number of pyridine rings is 1. The fourth-order valence-corrected chi connectivity index (χ4v) is 1.19. The van der Waals surface area contributed by atoms with Crippen molar-refractivity contribution in [3.8, 4) is 0 Å². The van der Waals surface area contributed by atoms with Gasteiger partial charge in [0.15, 0.2) is 0 Å². The van der Waals surface area contributed by atoms with Crippen LogP contribution in [0.25, 0.3) is 0 Å². The molecule has 0 aliphatic rings. The van der Waals surface area contributed by atoms with Gasteiger partial charge in [0, 0.05) is 12.4 Å². The number of aromatic nitrogens is 3. The van der Waals surface area contributed by atoms with Crippen LogP contribution in [0.1, 0.15) is 0 Å². The van der Waals surface area contributed by atoms with E-state index < -0.39 is 5.95 Å². The van der Waals surface area contributed by atoms with Crippen molar-refractivity contribution in [1.82, 2.24) is 14.8 Å². The van der Waals surface area contributed by atoms with Crippen molar-refractivity contribution in [1.29, 1.82) is 0 Å². The molecule has 0 saturated heterocycles. The van der Waals surface area contributed by atoms with Gasteiger partial charge in [-0.05, 0) is 18.2 Å². The van der Waals surface area contributed by atoms with E-state index in [0.717, 1.165) is 0 Å². The number of nitrogens with one attached hydrogen (secondary N) is 1. The summed E-state index contributed by atoms with van der Waals surface area (Å²) in [7, 11) is 0. The number of nitrogens with zero attached hydrogens (tertiary/aromatic N) is 3. The molecule has 0 radical (unpaired) electrons. The summed E-state index contributed by atoms with van der Waals surface area (Å²) >= 11 is 0. The molecule has 5 nitrogen and oxygen atoms in total. The normalized spacial score (nSPS) is 10.1. The molecule has 1 N–H and O–H groups in total. The number of carbonyl (C=O) groups is 1. The number of carbonyl (C=O) groups excluding carboxylic acids is 1. The number of hydrogen-bond donors (Lipinski definition) is 1. The molecule has 0 aliphatic heterocycles. The second-order valence-corrected chi connectivity index (χ2v) is 3.12. The second-order valence-electron chi connectivity index (χ2n) is 3.12. The molecule has 82 valence electrons. The van der Waals surface area contributed by atoms with Crippen LogP contribution < -0.4 is 5.32 Å². The van der Waals surface area contributed by atoms with Gasteiger partial charge < -0.3 is 5.32 Å². The molecule has 0 atom stereocenters. The highest BCUT2D eigenvalue weighted by Crippen LogP contribution is 2.04. The Morgan fingerprint density at radius 1 is 1.50 bits per heavy atom. The van der Waals surface area contributed by atoms with Crippen LogP contribution in [0.5, 0.6) is 0 Å². The van der Waals surface area contributed by atoms with Gasteiger partial charge in [0.25, 0.3) is 0 Å². The van der Waals surface area contributed by atoms with E-state index in [0.29, 0.717) is 5.69 Å². The summed E-state index contributed by atoms with van der Waals surface area (Å²) in [5.41, 5.74) is 0.457. The first kappa shape index (κ1) is 10.3. The van der Waals surface area contributed by atoms with Gasteiger partial charge in [-0.25, -0.2) is 4.98 Å². The molecule has 16 heavy (non-hydrogen) atoms. The fourth-order valence-electron chi connectivity index (χ4n) is 1.19. The van der Waals surface area contributed by atoms with Crippen molar-refractivity contribution in [2.75, 3.05) is 5.32 Å². The topological polar surface area (TPSA) is 59.8 Å². The molecular formula is C10H9FN4O. The van der Waals surface area contributed by atoms with Crippen molar-refractivity contribution in [2.24, 2.45) is 0 Å². The average molecular weight is 220 g/mol. The smallest absolute Gasteiger partial charge is 0.246 e. The second kappa shape index (κ2) is 4.52. The van der Waals surface area contributed by atoms with Gasteiger partial charge >= 0.3 is 0 Å². The van der Waals surface area contributed by atoms with Gasteiger partial charge in [-0.2, -0.15) is 9.49 Å². The maximum atomic E-state index is 12.5. The van der Waals surface area contributed by atoms with Crippen molar-refractivity contribution < 1.29 is 9.18 Å². The SMILES string of the molecule is O=C(Cn1cccn1)Nc1ccc(F)nc1. The molecule has 2 aromatic heterocycles. The lowest BCUT2D eigenvalue weighted by atomic mass is 10.4. The lowest BCUT2D eigenvalue weighted by molar-refractivity contribution is -0.116. The first-order valence-corrected chi connectivity index (χ1v) is 4.63. The Labute approximate surface area is 90.9 Å². The molecule has 0 aliphatic carbocycles. The number of rotatable bonds is 3. The van der Waals surface area contributed by atoms with Crippen LogP contribution in [0, 0.1) is 5.95 Å². The minimum absolute atomic E-state index is 0.115. The Bertz CT molecular complexity index is 466. The number of halogens is 1. The molecule has 0 fully saturated rings. The maximum Gasteiger partial charge on any atom is 0.246 e. The average Bonchev–Trinajstić information content (AvgIpc) is 2.74. The lowest BCUT2D eigenvalue weighted by Crippen LogP contribution is -2.19. The van der Waals surface area contributed by atoms with E-state index in [4.69, 9.17) is 0 Å². The van der Waals surface area contributed by atoms with E-state index in [2.05, 4.69) is 15.4 Å². The van der Waals surface area contributed by atoms with Crippen LogP contribution in [-0.2, 0) is 11.3 Å². The van der Waals surface area contributed by atoms with Gasteiger partial charge in [0.2, 0.25) is 11.9 Å². The van der Waals surface area contributed by atoms with Gasteiger partial charge in [0.1, 0.15) is 6.54 Å². The molecular weight excluding hydrogens is 211 g/mol. The molecule has 2 rings (SSSR count). The summed E-state index contributed by atoms with van der Waals surface area (Å²) in [6, 6.07) is 4.36. The lowest BCUT2D eigenvalue weighted by Gasteiger charge is -2.04. The molecule has 0 unspecified atom stereocenters. The fraction of sp³-hybridized carbons (Fsp3) is 0.100. The number of hydrogen-bond acceptors (Lipinski definition) is 3. The molecule has 2 heterocycles. The van der Waals surface area contributed by atoms with Crippen LogP contribution in [0.3, 0.4) is 0 Å². The first-order valence-electron chi connectivity index (χ1n) is 4.63. The summed E-state index contributed by atoms with van der Waals surface area (Å²) in [5, 5.41) is 6.47. The Hall–Kier alpha value is -2.24. The van der Waals surface area contributed by atoms with Crippen molar-refractivity contribution in [3.63, 3.8) is 0 Å². The summed E-state index contributed by atoms with van der Waals surface area (Å²) < 4.78 is 14.0. The Balaban J connectivity index is 1.95.